The fourth-order valence-electron chi connectivity index (χ4n) is 2.30. The standard InChI is InChI=1S/C14H18N2OS/c1-18-13-4-2-11(3-5-13)14(10-15)16-8-6-12(17)7-9-16/h2-5,12,14,17H,6-9H2,1H3. The molecule has 2 rings (SSSR count). The van der Waals surface area contributed by atoms with Gasteiger partial charge < -0.3 is 5.11 Å². The minimum atomic E-state index is -0.195. The van der Waals surface area contributed by atoms with Gasteiger partial charge in [0.2, 0.25) is 0 Å². The number of aliphatic hydroxyl groups is 1. The zero-order chi connectivity index (χ0) is 13.0. The highest BCUT2D eigenvalue weighted by atomic mass is 32.2. The fraction of sp³-hybridized carbons (Fsp3) is 0.500. The third-order valence-electron chi connectivity index (χ3n) is 3.42. The van der Waals surface area contributed by atoms with Crippen LogP contribution in [0.4, 0.5) is 0 Å². The molecule has 1 aliphatic heterocycles. The molecule has 0 aliphatic carbocycles. The molecule has 1 aromatic rings. The van der Waals surface area contributed by atoms with Crippen LogP contribution in [0, 0.1) is 11.3 Å². The smallest absolute Gasteiger partial charge is 0.123 e. The van der Waals surface area contributed by atoms with Gasteiger partial charge in [0, 0.05) is 18.0 Å². The molecule has 0 aromatic heterocycles. The van der Waals surface area contributed by atoms with Gasteiger partial charge in [-0.25, -0.2) is 0 Å². The normalized spacial score (nSPS) is 19.4. The number of rotatable bonds is 3. The molecule has 3 nitrogen and oxygen atoms in total. The minimum Gasteiger partial charge on any atom is -0.393 e. The molecule has 1 heterocycles. The van der Waals surface area contributed by atoms with Crippen LogP contribution in [-0.2, 0) is 0 Å². The van der Waals surface area contributed by atoms with Crippen molar-refractivity contribution in [2.75, 3.05) is 19.3 Å². The lowest BCUT2D eigenvalue weighted by Crippen LogP contribution is -2.38. The third-order valence-corrected chi connectivity index (χ3v) is 4.16. The van der Waals surface area contributed by atoms with Gasteiger partial charge in [-0.15, -0.1) is 11.8 Å². The van der Waals surface area contributed by atoms with Gasteiger partial charge >= 0.3 is 0 Å². The molecule has 0 amide bonds. The maximum Gasteiger partial charge on any atom is 0.123 e. The second-order valence-electron chi connectivity index (χ2n) is 4.57. The Kier molecular flexibility index (Phi) is 4.65. The maximum absolute atomic E-state index is 9.51. The molecule has 96 valence electrons. The molecule has 1 aliphatic rings. The first-order valence-corrected chi connectivity index (χ1v) is 7.42. The second-order valence-corrected chi connectivity index (χ2v) is 5.45. The number of nitrogens with zero attached hydrogens (tertiary/aromatic N) is 2. The van der Waals surface area contributed by atoms with Crippen LogP contribution in [0.25, 0.3) is 0 Å². The number of nitriles is 1. The molecule has 1 fully saturated rings. The Morgan fingerprint density at radius 3 is 2.44 bits per heavy atom. The van der Waals surface area contributed by atoms with E-state index in [0.29, 0.717) is 0 Å². The van der Waals surface area contributed by atoms with Crippen molar-refractivity contribution in [1.82, 2.24) is 4.90 Å². The van der Waals surface area contributed by atoms with Gasteiger partial charge in [0.1, 0.15) is 6.04 Å². The summed E-state index contributed by atoms with van der Waals surface area (Å²) in [7, 11) is 0. The van der Waals surface area contributed by atoms with Gasteiger partial charge in [-0.3, -0.25) is 4.90 Å². The monoisotopic (exact) mass is 262 g/mol. The molecule has 1 unspecified atom stereocenters. The van der Waals surface area contributed by atoms with Crippen molar-refractivity contribution < 1.29 is 5.11 Å². The number of likely N-dealkylation sites (tertiary alicyclic amines) is 1. The summed E-state index contributed by atoms with van der Waals surface area (Å²) >= 11 is 1.70. The van der Waals surface area contributed by atoms with E-state index >= 15 is 0 Å². The quantitative estimate of drug-likeness (QED) is 0.850. The summed E-state index contributed by atoms with van der Waals surface area (Å²) in [6.45, 7) is 1.59. The zero-order valence-corrected chi connectivity index (χ0v) is 11.4. The van der Waals surface area contributed by atoms with E-state index < -0.39 is 0 Å². The molecule has 0 bridgehead atoms. The fourth-order valence-corrected chi connectivity index (χ4v) is 2.71. The molecule has 1 N–H and O–H groups in total. The Labute approximate surface area is 112 Å². The number of benzene rings is 1. The van der Waals surface area contributed by atoms with E-state index in [1.165, 1.54) is 4.90 Å². The van der Waals surface area contributed by atoms with E-state index in [0.717, 1.165) is 31.5 Å². The average Bonchev–Trinajstić information content (AvgIpc) is 2.42. The molecule has 0 spiro atoms. The Bertz CT molecular complexity index is 418. The van der Waals surface area contributed by atoms with Gasteiger partial charge in [-0.05, 0) is 36.8 Å². The summed E-state index contributed by atoms with van der Waals surface area (Å²) < 4.78 is 0. The van der Waals surface area contributed by atoms with Gasteiger partial charge in [0.25, 0.3) is 0 Å². The van der Waals surface area contributed by atoms with E-state index in [4.69, 9.17) is 0 Å². The first-order valence-electron chi connectivity index (χ1n) is 6.20. The van der Waals surface area contributed by atoms with E-state index in [2.05, 4.69) is 23.1 Å². The molecule has 1 saturated heterocycles. The molecular formula is C14H18N2OS. The Hall–Kier alpha value is -1.02. The van der Waals surface area contributed by atoms with Crippen LogP contribution in [0.3, 0.4) is 0 Å². The van der Waals surface area contributed by atoms with Crippen molar-refractivity contribution in [2.24, 2.45) is 0 Å². The van der Waals surface area contributed by atoms with Gasteiger partial charge in [0.15, 0.2) is 0 Å². The van der Waals surface area contributed by atoms with Crippen molar-refractivity contribution >= 4 is 11.8 Å². The van der Waals surface area contributed by atoms with Gasteiger partial charge in [-0.1, -0.05) is 12.1 Å². The largest absolute Gasteiger partial charge is 0.393 e. The van der Waals surface area contributed by atoms with E-state index in [1.54, 1.807) is 11.8 Å². The average molecular weight is 262 g/mol. The molecule has 4 heteroatoms. The van der Waals surface area contributed by atoms with Crippen LogP contribution < -0.4 is 0 Å². The van der Waals surface area contributed by atoms with Crippen LogP contribution in [0.5, 0.6) is 0 Å². The van der Waals surface area contributed by atoms with E-state index in [9.17, 15) is 10.4 Å². The van der Waals surface area contributed by atoms with E-state index in [-0.39, 0.29) is 12.1 Å². The van der Waals surface area contributed by atoms with Crippen LogP contribution in [0.2, 0.25) is 0 Å². The van der Waals surface area contributed by atoms with Crippen molar-refractivity contribution in [3.05, 3.63) is 29.8 Å². The topological polar surface area (TPSA) is 47.3 Å². The van der Waals surface area contributed by atoms with Gasteiger partial charge in [0.05, 0.1) is 12.2 Å². The number of thioether (sulfide) groups is 1. The molecule has 18 heavy (non-hydrogen) atoms. The van der Waals surface area contributed by atoms with Crippen LogP contribution >= 0.6 is 11.8 Å². The summed E-state index contributed by atoms with van der Waals surface area (Å²) in [5.74, 6) is 0. The Morgan fingerprint density at radius 1 is 1.33 bits per heavy atom. The molecule has 0 radical (unpaired) electrons. The minimum absolute atomic E-state index is 0.187. The highest BCUT2D eigenvalue weighted by molar-refractivity contribution is 7.98. The van der Waals surface area contributed by atoms with Crippen LogP contribution in [-0.4, -0.2) is 35.5 Å². The molecule has 1 atom stereocenters. The summed E-state index contributed by atoms with van der Waals surface area (Å²) in [6.07, 6.45) is 3.38. The van der Waals surface area contributed by atoms with E-state index in [1.807, 2.05) is 18.4 Å². The SMILES string of the molecule is CSc1ccc(C(C#N)N2CCC(O)CC2)cc1. The summed E-state index contributed by atoms with van der Waals surface area (Å²) in [4.78, 5) is 3.37. The highest BCUT2D eigenvalue weighted by Gasteiger charge is 2.24. The highest BCUT2D eigenvalue weighted by Crippen LogP contribution is 2.25. The molecular weight excluding hydrogens is 244 g/mol. The number of piperidine rings is 1. The zero-order valence-electron chi connectivity index (χ0n) is 10.5. The van der Waals surface area contributed by atoms with Crippen molar-refractivity contribution in [1.29, 1.82) is 5.26 Å². The number of aliphatic hydroxyl groups excluding tert-OH is 1. The second kappa shape index (κ2) is 6.24. The number of hydrogen-bond acceptors (Lipinski definition) is 4. The lowest BCUT2D eigenvalue weighted by molar-refractivity contribution is 0.0716. The van der Waals surface area contributed by atoms with Crippen LogP contribution in [0.15, 0.2) is 29.2 Å². The van der Waals surface area contributed by atoms with Crippen LogP contribution in [0.1, 0.15) is 24.4 Å². The Balaban J connectivity index is 2.10. The molecule has 0 saturated carbocycles. The van der Waals surface area contributed by atoms with Crippen molar-refractivity contribution in [2.45, 2.75) is 29.9 Å². The lowest BCUT2D eigenvalue weighted by atomic mass is 10.0. The van der Waals surface area contributed by atoms with Crippen molar-refractivity contribution in [3.8, 4) is 6.07 Å². The first kappa shape index (κ1) is 13.4. The molecule has 1 aromatic carbocycles. The predicted octanol–water partition coefficient (Wildman–Crippen LogP) is 2.43. The number of hydrogen-bond donors (Lipinski definition) is 1. The predicted molar refractivity (Wildman–Crippen MR) is 73.4 cm³/mol. The summed E-state index contributed by atoms with van der Waals surface area (Å²) in [5, 5.41) is 18.9. The first-order chi connectivity index (χ1) is 8.74. The lowest BCUT2D eigenvalue weighted by Gasteiger charge is -2.32. The van der Waals surface area contributed by atoms with Gasteiger partial charge in [-0.2, -0.15) is 5.26 Å². The maximum atomic E-state index is 9.51. The summed E-state index contributed by atoms with van der Waals surface area (Å²) in [5.41, 5.74) is 1.05. The van der Waals surface area contributed by atoms with Crippen molar-refractivity contribution in [3.63, 3.8) is 0 Å². The third kappa shape index (κ3) is 3.05. The summed E-state index contributed by atoms with van der Waals surface area (Å²) in [6, 6.07) is 10.4. The Morgan fingerprint density at radius 2 is 1.94 bits per heavy atom.